The van der Waals surface area contributed by atoms with Gasteiger partial charge in [0.25, 0.3) is 5.56 Å². The number of hydrogen-bond acceptors (Lipinski definition) is 5. The number of hydrogen-bond donors (Lipinski definition) is 0. The zero-order valence-electron chi connectivity index (χ0n) is 15.0. The van der Waals surface area contributed by atoms with E-state index in [2.05, 4.69) is 9.97 Å². The summed E-state index contributed by atoms with van der Waals surface area (Å²) >= 11 is 0. The van der Waals surface area contributed by atoms with Crippen molar-refractivity contribution in [3.05, 3.63) is 101 Å². The Bertz CT molecular complexity index is 1170. The number of ether oxygens (including phenoxy) is 1. The Kier molecular flexibility index (Phi) is 4.93. The minimum absolute atomic E-state index is 0.0751. The smallest absolute Gasteiger partial charge is 0.261 e. The lowest BCUT2D eigenvalue weighted by Crippen LogP contribution is -2.24. The highest BCUT2D eigenvalue weighted by atomic mass is 16.5. The second-order valence-corrected chi connectivity index (χ2v) is 6.29. The Labute approximate surface area is 161 Å². The highest BCUT2D eigenvalue weighted by Crippen LogP contribution is 2.15. The zero-order chi connectivity index (χ0) is 19.3. The maximum atomic E-state index is 12.6. The highest BCUT2D eigenvalue weighted by molar-refractivity contribution is 5.96. The molecule has 4 rings (SSSR count). The Hall–Kier alpha value is -3.80. The summed E-state index contributed by atoms with van der Waals surface area (Å²) in [4.78, 5) is 33.2. The molecule has 0 saturated heterocycles. The number of fused-ring (bicyclic) bond motifs is 1. The van der Waals surface area contributed by atoms with Crippen molar-refractivity contribution in [3.63, 3.8) is 0 Å². The normalized spacial score (nSPS) is 10.7. The molecular weight excluding hydrogens is 354 g/mol. The van der Waals surface area contributed by atoms with Gasteiger partial charge >= 0.3 is 0 Å². The number of ketones is 1. The van der Waals surface area contributed by atoms with Gasteiger partial charge in [0.05, 0.1) is 30.0 Å². The molecule has 0 spiro atoms. The monoisotopic (exact) mass is 371 g/mol. The predicted octanol–water partition coefficient (Wildman–Crippen LogP) is 3.25. The molecule has 6 nitrogen and oxygen atoms in total. The van der Waals surface area contributed by atoms with Gasteiger partial charge < -0.3 is 4.74 Å². The maximum absolute atomic E-state index is 12.6. The van der Waals surface area contributed by atoms with Crippen LogP contribution in [0, 0.1) is 0 Å². The summed E-state index contributed by atoms with van der Waals surface area (Å²) in [5.41, 5.74) is 1.83. The van der Waals surface area contributed by atoms with Crippen molar-refractivity contribution in [2.45, 2.75) is 13.2 Å². The fourth-order valence-electron chi connectivity index (χ4n) is 2.85. The number of nitrogens with zero attached hydrogens (tertiary/aromatic N) is 3. The van der Waals surface area contributed by atoms with Gasteiger partial charge in [0.1, 0.15) is 12.4 Å². The van der Waals surface area contributed by atoms with Crippen molar-refractivity contribution in [2.24, 2.45) is 0 Å². The second kappa shape index (κ2) is 7.84. The van der Waals surface area contributed by atoms with E-state index in [1.807, 2.05) is 30.3 Å². The van der Waals surface area contributed by atoms with Crippen molar-refractivity contribution in [2.75, 3.05) is 0 Å². The van der Waals surface area contributed by atoms with E-state index in [4.69, 9.17) is 4.74 Å². The number of pyridine rings is 1. The number of aromatic nitrogens is 3. The molecule has 0 aliphatic heterocycles. The summed E-state index contributed by atoms with van der Waals surface area (Å²) in [7, 11) is 0. The molecule has 0 bridgehead atoms. The van der Waals surface area contributed by atoms with Crippen molar-refractivity contribution in [1.29, 1.82) is 0 Å². The van der Waals surface area contributed by atoms with Crippen LogP contribution in [0.15, 0.2) is 84.2 Å². The molecule has 0 fully saturated rings. The quantitative estimate of drug-likeness (QED) is 0.487. The van der Waals surface area contributed by atoms with Gasteiger partial charge in [0.2, 0.25) is 0 Å². The molecule has 2 aromatic heterocycles. The van der Waals surface area contributed by atoms with Crippen LogP contribution in [0.3, 0.4) is 0 Å². The molecule has 0 radical (unpaired) electrons. The molecule has 28 heavy (non-hydrogen) atoms. The third kappa shape index (κ3) is 3.81. The maximum Gasteiger partial charge on any atom is 0.261 e. The molecule has 138 valence electrons. The van der Waals surface area contributed by atoms with Crippen LogP contribution < -0.4 is 10.3 Å². The van der Waals surface area contributed by atoms with Gasteiger partial charge in [-0.15, -0.1) is 0 Å². The molecule has 0 unspecified atom stereocenters. The Morgan fingerprint density at radius 2 is 1.79 bits per heavy atom. The lowest BCUT2D eigenvalue weighted by molar-refractivity contribution is 0.0970. The van der Waals surface area contributed by atoms with Crippen LogP contribution in [-0.4, -0.2) is 20.3 Å². The van der Waals surface area contributed by atoms with Gasteiger partial charge in [-0.3, -0.25) is 19.1 Å². The first-order chi connectivity index (χ1) is 13.7. The molecule has 0 aliphatic rings. The predicted molar refractivity (Wildman–Crippen MR) is 105 cm³/mol. The highest BCUT2D eigenvalue weighted by Gasteiger charge is 2.10. The largest absolute Gasteiger partial charge is 0.489 e. The van der Waals surface area contributed by atoms with Gasteiger partial charge in [-0.25, -0.2) is 4.98 Å². The SMILES string of the molecule is O=C(Cn1cnc2cnccc2c1=O)c1ccc(OCc2ccccc2)cc1. The first kappa shape index (κ1) is 17.6. The van der Waals surface area contributed by atoms with Crippen LogP contribution in [0.25, 0.3) is 10.9 Å². The van der Waals surface area contributed by atoms with Crippen LogP contribution in [0.1, 0.15) is 15.9 Å². The van der Waals surface area contributed by atoms with E-state index in [-0.39, 0.29) is 17.9 Å². The molecule has 4 aromatic rings. The molecule has 2 aromatic carbocycles. The fraction of sp³-hybridized carbons (Fsp3) is 0.0909. The van der Waals surface area contributed by atoms with Crippen LogP contribution in [0.5, 0.6) is 5.75 Å². The topological polar surface area (TPSA) is 74.1 Å². The Morgan fingerprint density at radius 1 is 1.00 bits per heavy atom. The molecule has 0 aliphatic carbocycles. The molecule has 0 saturated carbocycles. The van der Waals surface area contributed by atoms with Crippen LogP contribution >= 0.6 is 0 Å². The van der Waals surface area contributed by atoms with Gasteiger partial charge in [-0.1, -0.05) is 30.3 Å². The number of carbonyl (C=O) groups is 1. The van der Waals surface area contributed by atoms with E-state index in [0.717, 1.165) is 5.56 Å². The van der Waals surface area contributed by atoms with Crippen LogP contribution in [-0.2, 0) is 13.2 Å². The van der Waals surface area contributed by atoms with E-state index in [1.54, 1.807) is 30.3 Å². The first-order valence-corrected chi connectivity index (χ1v) is 8.80. The number of Topliss-reactive ketones (excluding diaryl/α,β-unsaturated/α-hetero) is 1. The van der Waals surface area contributed by atoms with E-state index < -0.39 is 0 Å². The summed E-state index contributed by atoms with van der Waals surface area (Å²) < 4.78 is 7.04. The van der Waals surface area contributed by atoms with Crippen LogP contribution in [0.2, 0.25) is 0 Å². The Balaban J connectivity index is 1.45. The Morgan fingerprint density at radius 3 is 2.57 bits per heavy atom. The zero-order valence-corrected chi connectivity index (χ0v) is 15.0. The summed E-state index contributed by atoms with van der Waals surface area (Å²) in [5, 5.41) is 0.440. The van der Waals surface area contributed by atoms with Gasteiger partial charge in [-0.2, -0.15) is 0 Å². The average Bonchev–Trinajstić information content (AvgIpc) is 2.75. The molecule has 0 atom stereocenters. The number of benzene rings is 2. The summed E-state index contributed by atoms with van der Waals surface area (Å²) in [6.45, 7) is 0.384. The lowest BCUT2D eigenvalue weighted by Gasteiger charge is -2.08. The summed E-state index contributed by atoms with van der Waals surface area (Å²) in [6, 6.07) is 18.4. The van der Waals surface area contributed by atoms with Crippen molar-refractivity contribution in [1.82, 2.24) is 14.5 Å². The minimum atomic E-state index is -0.261. The second-order valence-electron chi connectivity index (χ2n) is 6.29. The number of rotatable bonds is 6. The van der Waals surface area contributed by atoms with E-state index in [1.165, 1.54) is 23.3 Å². The van der Waals surface area contributed by atoms with E-state index in [9.17, 15) is 9.59 Å². The van der Waals surface area contributed by atoms with E-state index >= 15 is 0 Å². The number of carbonyl (C=O) groups excluding carboxylic acids is 1. The first-order valence-electron chi connectivity index (χ1n) is 8.80. The lowest BCUT2D eigenvalue weighted by atomic mass is 10.1. The van der Waals surface area contributed by atoms with Gasteiger partial charge in [0, 0.05) is 11.8 Å². The summed E-state index contributed by atoms with van der Waals surface area (Å²) in [6.07, 6.45) is 4.43. The third-order valence-electron chi connectivity index (χ3n) is 4.37. The van der Waals surface area contributed by atoms with Crippen molar-refractivity contribution < 1.29 is 9.53 Å². The van der Waals surface area contributed by atoms with Gasteiger partial charge in [0.15, 0.2) is 5.78 Å². The molecule has 2 heterocycles. The van der Waals surface area contributed by atoms with E-state index in [0.29, 0.717) is 28.8 Å². The fourth-order valence-corrected chi connectivity index (χ4v) is 2.85. The minimum Gasteiger partial charge on any atom is -0.489 e. The summed E-state index contributed by atoms with van der Waals surface area (Å²) in [5.74, 6) is 0.504. The third-order valence-corrected chi connectivity index (χ3v) is 4.37. The molecule has 6 heteroatoms. The van der Waals surface area contributed by atoms with Crippen molar-refractivity contribution >= 4 is 16.7 Å². The standard InChI is InChI=1S/C22H17N3O3/c26-21(13-25-15-24-20-12-23-11-10-19(20)22(25)27)17-6-8-18(9-7-17)28-14-16-4-2-1-3-5-16/h1-12,15H,13-14H2. The van der Waals surface area contributed by atoms with Crippen molar-refractivity contribution in [3.8, 4) is 5.75 Å². The average molecular weight is 371 g/mol. The molecule has 0 amide bonds. The molecular formula is C22H17N3O3. The van der Waals surface area contributed by atoms with Gasteiger partial charge in [-0.05, 0) is 35.9 Å². The molecule has 0 N–H and O–H groups in total. The van der Waals surface area contributed by atoms with Crippen LogP contribution in [0.4, 0.5) is 0 Å².